The third-order valence-electron chi connectivity index (χ3n) is 3.57. The van der Waals surface area contributed by atoms with Gasteiger partial charge in [0.2, 0.25) is 0 Å². The van der Waals surface area contributed by atoms with Gasteiger partial charge in [-0.1, -0.05) is 0 Å². The molecule has 1 fully saturated rings. The van der Waals surface area contributed by atoms with E-state index in [9.17, 15) is 4.79 Å². The molecular weight excluding hydrogens is 228 g/mol. The van der Waals surface area contributed by atoms with Crippen molar-refractivity contribution in [3.8, 4) is 0 Å². The van der Waals surface area contributed by atoms with E-state index in [0.717, 1.165) is 49.1 Å². The highest BCUT2D eigenvalue weighted by Crippen LogP contribution is 2.26. The van der Waals surface area contributed by atoms with Crippen molar-refractivity contribution in [1.29, 1.82) is 0 Å². The van der Waals surface area contributed by atoms with Gasteiger partial charge in [0.05, 0.1) is 11.8 Å². The average Bonchev–Trinajstić information content (AvgIpc) is 2.81. The van der Waals surface area contributed by atoms with E-state index in [1.54, 1.807) is 6.33 Å². The van der Waals surface area contributed by atoms with Crippen LogP contribution in [0.15, 0.2) is 18.6 Å². The van der Waals surface area contributed by atoms with E-state index in [0.29, 0.717) is 0 Å². The molecule has 0 bridgehead atoms. The number of rotatable bonds is 2. The number of carbonyl (C=O) groups excluding carboxylic acids is 1. The maximum atomic E-state index is 10.9. The largest absolute Gasteiger partial charge is 0.354 e. The molecule has 2 aromatic rings. The second-order valence-corrected chi connectivity index (χ2v) is 4.84. The first-order valence-corrected chi connectivity index (χ1v) is 6.26. The second kappa shape index (κ2) is 4.40. The first kappa shape index (κ1) is 11.2. The average molecular weight is 244 g/mol. The van der Waals surface area contributed by atoms with Gasteiger partial charge in [-0.25, -0.2) is 9.97 Å². The maximum Gasteiger partial charge on any atom is 0.156 e. The predicted molar refractivity (Wildman–Crippen MR) is 69.5 cm³/mol. The lowest BCUT2D eigenvalue weighted by Gasteiger charge is -2.31. The Morgan fingerprint density at radius 1 is 1.44 bits per heavy atom. The van der Waals surface area contributed by atoms with Gasteiger partial charge in [0.25, 0.3) is 0 Å². The summed E-state index contributed by atoms with van der Waals surface area (Å²) in [7, 11) is 1.98. The van der Waals surface area contributed by atoms with Crippen LogP contribution in [-0.4, -0.2) is 33.9 Å². The Morgan fingerprint density at radius 2 is 2.33 bits per heavy atom. The molecule has 3 rings (SSSR count). The first-order chi connectivity index (χ1) is 8.79. The summed E-state index contributed by atoms with van der Waals surface area (Å²) in [6.45, 7) is 1.71. The Morgan fingerprint density at radius 3 is 3.17 bits per heavy atom. The molecule has 0 radical (unpaired) electrons. The van der Waals surface area contributed by atoms with Crippen LogP contribution in [0.5, 0.6) is 0 Å². The molecule has 1 atom stereocenters. The molecule has 18 heavy (non-hydrogen) atoms. The molecule has 1 saturated heterocycles. The van der Waals surface area contributed by atoms with Crippen molar-refractivity contribution in [2.45, 2.75) is 12.8 Å². The van der Waals surface area contributed by atoms with E-state index in [2.05, 4.69) is 14.9 Å². The van der Waals surface area contributed by atoms with Crippen LogP contribution in [0.2, 0.25) is 0 Å². The highest BCUT2D eigenvalue weighted by molar-refractivity contribution is 5.86. The molecule has 0 N–H and O–H groups in total. The van der Waals surface area contributed by atoms with Gasteiger partial charge < -0.3 is 14.3 Å². The quantitative estimate of drug-likeness (QED) is 0.749. The zero-order valence-electron chi connectivity index (χ0n) is 10.4. The number of hydrogen-bond acceptors (Lipinski definition) is 4. The van der Waals surface area contributed by atoms with Crippen molar-refractivity contribution < 1.29 is 4.79 Å². The lowest BCUT2D eigenvalue weighted by atomic mass is 10.00. The number of aromatic nitrogens is 3. The molecule has 94 valence electrons. The summed E-state index contributed by atoms with van der Waals surface area (Å²) < 4.78 is 1.99. The van der Waals surface area contributed by atoms with Gasteiger partial charge in [0.15, 0.2) is 5.82 Å². The third-order valence-corrected chi connectivity index (χ3v) is 3.57. The van der Waals surface area contributed by atoms with E-state index >= 15 is 0 Å². The fourth-order valence-corrected chi connectivity index (χ4v) is 2.59. The first-order valence-electron chi connectivity index (χ1n) is 6.26. The fraction of sp³-hybridized carbons (Fsp3) is 0.462. The van der Waals surface area contributed by atoms with Crippen LogP contribution in [0.1, 0.15) is 12.8 Å². The normalized spacial score (nSPS) is 20.3. The molecule has 0 saturated carbocycles. The number of aldehydes is 1. The van der Waals surface area contributed by atoms with E-state index < -0.39 is 0 Å². The number of anilines is 1. The molecule has 3 heterocycles. The van der Waals surface area contributed by atoms with Crippen LogP contribution in [0.25, 0.3) is 11.0 Å². The summed E-state index contributed by atoms with van der Waals surface area (Å²) in [5.74, 6) is 1.03. The van der Waals surface area contributed by atoms with E-state index in [1.807, 2.05) is 23.9 Å². The summed E-state index contributed by atoms with van der Waals surface area (Å²) in [6.07, 6.45) is 6.69. The molecule has 0 aliphatic carbocycles. The summed E-state index contributed by atoms with van der Waals surface area (Å²) in [5, 5.41) is 0. The number of carbonyl (C=O) groups is 1. The second-order valence-electron chi connectivity index (χ2n) is 4.84. The Hall–Kier alpha value is -1.91. The van der Waals surface area contributed by atoms with Crippen molar-refractivity contribution in [2.24, 2.45) is 13.0 Å². The number of imidazole rings is 1. The minimum absolute atomic E-state index is 0.125. The zero-order valence-corrected chi connectivity index (χ0v) is 10.4. The maximum absolute atomic E-state index is 10.9. The SMILES string of the molecule is Cn1cnc2c(N3CCCC(C=O)C3)nccc21. The van der Waals surface area contributed by atoms with Crippen molar-refractivity contribution in [1.82, 2.24) is 14.5 Å². The summed E-state index contributed by atoms with van der Waals surface area (Å²) in [6, 6.07) is 1.97. The molecule has 0 aromatic carbocycles. The predicted octanol–water partition coefficient (Wildman–Crippen LogP) is 1.38. The number of aryl methyl sites for hydroxylation is 1. The highest BCUT2D eigenvalue weighted by atomic mass is 16.1. The Labute approximate surface area is 105 Å². The molecule has 1 unspecified atom stereocenters. The molecule has 5 nitrogen and oxygen atoms in total. The van der Waals surface area contributed by atoms with Crippen LogP contribution in [0.4, 0.5) is 5.82 Å². The monoisotopic (exact) mass is 244 g/mol. The van der Waals surface area contributed by atoms with Gasteiger partial charge in [0.1, 0.15) is 11.8 Å². The molecule has 0 amide bonds. The summed E-state index contributed by atoms with van der Waals surface area (Å²) in [4.78, 5) is 22.0. The molecule has 1 aliphatic rings. The smallest absolute Gasteiger partial charge is 0.156 e. The molecule has 1 aliphatic heterocycles. The molecule has 0 spiro atoms. The Balaban J connectivity index is 2.00. The van der Waals surface area contributed by atoms with Crippen molar-refractivity contribution >= 4 is 23.1 Å². The van der Waals surface area contributed by atoms with E-state index in [-0.39, 0.29) is 5.92 Å². The van der Waals surface area contributed by atoms with Gasteiger partial charge in [0, 0.05) is 32.3 Å². The van der Waals surface area contributed by atoms with Gasteiger partial charge in [-0.3, -0.25) is 0 Å². The Kier molecular flexibility index (Phi) is 2.74. The van der Waals surface area contributed by atoms with Crippen molar-refractivity contribution in [3.05, 3.63) is 18.6 Å². The number of fused-ring (bicyclic) bond motifs is 1. The van der Waals surface area contributed by atoms with Crippen LogP contribution in [0, 0.1) is 5.92 Å². The van der Waals surface area contributed by atoms with Gasteiger partial charge in [-0.2, -0.15) is 0 Å². The highest BCUT2D eigenvalue weighted by Gasteiger charge is 2.22. The minimum Gasteiger partial charge on any atom is -0.354 e. The summed E-state index contributed by atoms with van der Waals surface area (Å²) >= 11 is 0. The minimum atomic E-state index is 0.125. The lowest BCUT2D eigenvalue weighted by molar-refractivity contribution is -0.111. The molecule has 5 heteroatoms. The topological polar surface area (TPSA) is 51.0 Å². The van der Waals surface area contributed by atoms with Crippen molar-refractivity contribution in [3.63, 3.8) is 0 Å². The van der Waals surface area contributed by atoms with E-state index in [1.165, 1.54) is 0 Å². The number of hydrogen-bond donors (Lipinski definition) is 0. The van der Waals surface area contributed by atoms with Crippen LogP contribution in [0.3, 0.4) is 0 Å². The lowest BCUT2D eigenvalue weighted by Crippen LogP contribution is -2.36. The Bertz CT molecular complexity index is 577. The summed E-state index contributed by atoms with van der Waals surface area (Å²) in [5.41, 5.74) is 2.00. The van der Waals surface area contributed by atoms with Crippen LogP contribution in [-0.2, 0) is 11.8 Å². The van der Waals surface area contributed by atoms with Crippen molar-refractivity contribution in [2.75, 3.05) is 18.0 Å². The fourth-order valence-electron chi connectivity index (χ4n) is 2.59. The number of nitrogens with zero attached hydrogens (tertiary/aromatic N) is 4. The standard InChI is InChI=1S/C13H16N4O/c1-16-9-15-12-11(16)4-5-14-13(12)17-6-2-3-10(7-17)8-18/h4-5,8-10H,2-3,6-7H2,1H3. The third kappa shape index (κ3) is 1.75. The van der Waals surface area contributed by atoms with Gasteiger partial charge in [-0.15, -0.1) is 0 Å². The van der Waals surface area contributed by atoms with Crippen LogP contribution < -0.4 is 4.90 Å². The number of piperidine rings is 1. The van der Waals surface area contributed by atoms with E-state index in [4.69, 9.17) is 0 Å². The molecular formula is C13H16N4O. The van der Waals surface area contributed by atoms with Gasteiger partial charge in [-0.05, 0) is 18.9 Å². The number of pyridine rings is 1. The molecule has 2 aromatic heterocycles. The van der Waals surface area contributed by atoms with Gasteiger partial charge >= 0.3 is 0 Å². The zero-order chi connectivity index (χ0) is 12.5. The van der Waals surface area contributed by atoms with Crippen LogP contribution >= 0.6 is 0 Å².